The van der Waals surface area contributed by atoms with E-state index in [2.05, 4.69) is 45.0 Å². The van der Waals surface area contributed by atoms with Crippen LogP contribution in [-0.4, -0.2) is 24.0 Å². The lowest BCUT2D eigenvalue weighted by Crippen LogP contribution is -2.22. The van der Waals surface area contributed by atoms with Crippen molar-refractivity contribution in [1.29, 1.82) is 0 Å². The Balaban J connectivity index is 2.08. The Morgan fingerprint density at radius 1 is 1.35 bits per heavy atom. The molecule has 2 heterocycles. The lowest BCUT2D eigenvalue weighted by molar-refractivity contribution is 0.103. The number of hydrogen-bond donors (Lipinski definition) is 1. The molecule has 4 nitrogen and oxygen atoms in total. The van der Waals surface area contributed by atoms with Gasteiger partial charge in [-0.15, -0.1) is 11.3 Å². The fraction of sp³-hybridized carbons (Fsp3) is 0.286. The van der Waals surface area contributed by atoms with Crippen LogP contribution in [0, 0.1) is 0 Å². The van der Waals surface area contributed by atoms with Crippen molar-refractivity contribution in [1.82, 2.24) is 4.98 Å². The van der Waals surface area contributed by atoms with Crippen LogP contribution in [0.25, 0.3) is 0 Å². The molecule has 0 spiro atoms. The number of hydrogen-bond acceptors (Lipinski definition) is 4. The van der Waals surface area contributed by atoms with Crippen LogP contribution in [0.15, 0.2) is 34.2 Å². The summed E-state index contributed by atoms with van der Waals surface area (Å²) in [5.41, 5.74) is 0.700. The molecule has 0 radical (unpaired) electrons. The Morgan fingerprint density at radius 3 is 2.60 bits per heavy atom. The minimum Gasteiger partial charge on any atom is -0.357 e. The standard InChI is InChI=1S/C14H16BrN3OS/c1-3-18(4-2)12-6-5-10(9-16-12)17-14(19)13-11(15)7-8-20-13/h5-9H,3-4H2,1-2H3,(H,17,19). The number of thiophene rings is 1. The largest absolute Gasteiger partial charge is 0.357 e. The fourth-order valence-electron chi connectivity index (χ4n) is 1.84. The second-order valence-electron chi connectivity index (χ2n) is 4.13. The summed E-state index contributed by atoms with van der Waals surface area (Å²) >= 11 is 4.76. The molecule has 2 aromatic rings. The van der Waals surface area contributed by atoms with Crippen LogP contribution >= 0.6 is 27.3 Å². The van der Waals surface area contributed by atoms with Crippen LogP contribution in [0.1, 0.15) is 23.5 Å². The molecule has 0 bridgehead atoms. The molecule has 0 atom stereocenters. The maximum atomic E-state index is 12.1. The van der Waals surface area contributed by atoms with Crippen LogP contribution in [-0.2, 0) is 0 Å². The van der Waals surface area contributed by atoms with E-state index >= 15 is 0 Å². The van der Waals surface area contributed by atoms with Gasteiger partial charge >= 0.3 is 0 Å². The second-order valence-corrected chi connectivity index (χ2v) is 5.90. The minimum atomic E-state index is -0.121. The average Bonchev–Trinajstić information content (AvgIpc) is 2.88. The summed E-state index contributed by atoms with van der Waals surface area (Å²) in [4.78, 5) is 19.3. The summed E-state index contributed by atoms with van der Waals surface area (Å²) in [6.45, 7) is 6.01. The van der Waals surface area contributed by atoms with Crippen LogP contribution in [0.2, 0.25) is 0 Å². The highest BCUT2D eigenvalue weighted by Crippen LogP contribution is 2.24. The molecule has 20 heavy (non-hydrogen) atoms. The zero-order chi connectivity index (χ0) is 14.5. The predicted molar refractivity (Wildman–Crippen MR) is 87.8 cm³/mol. The molecule has 0 fully saturated rings. The molecule has 0 aliphatic rings. The fourth-order valence-corrected chi connectivity index (χ4v) is 3.28. The van der Waals surface area contributed by atoms with Crippen molar-refractivity contribution in [3.05, 3.63) is 39.1 Å². The normalized spacial score (nSPS) is 10.3. The zero-order valence-corrected chi connectivity index (χ0v) is 13.8. The molecule has 2 aromatic heterocycles. The highest BCUT2D eigenvalue weighted by molar-refractivity contribution is 9.10. The molecule has 2 rings (SSSR count). The highest BCUT2D eigenvalue weighted by atomic mass is 79.9. The SMILES string of the molecule is CCN(CC)c1ccc(NC(=O)c2sccc2Br)cn1. The van der Waals surface area contributed by atoms with Gasteiger partial charge in [0.2, 0.25) is 0 Å². The van der Waals surface area contributed by atoms with Crippen molar-refractivity contribution in [2.24, 2.45) is 0 Å². The maximum Gasteiger partial charge on any atom is 0.266 e. The summed E-state index contributed by atoms with van der Waals surface area (Å²) < 4.78 is 0.813. The van der Waals surface area contributed by atoms with E-state index < -0.39 is 0 Å². The van der Waals surface area contributed by atoms with Crippen molar-refractivity contribution >= 4 is 44.7 Å². The van der Waals surface area contributed by atoms with Gasteiger partial charge in [0, 0.05) is 17.6 Å². The van der Waals surface area contributed by atoms with Crippen molar-refractivity contribution in [2.75, 3.05) is 23.3 Å². The van der Waals surface area contributed by atoms with E-state index in [0.29, 0.717) is 10.6 Å². The molecule has 0 aliphatic heterocycles. The summed E-state index contributed by atoms with van der Waals surface area (Å²) in [5.74, 6) is 0.801. The lowest BCUT2D eigenvalue weighted by Gasteiger charge is -2.19. The van der Waals surface area contributed by atoms with Crippen molar-refractivity contribution in [3.8, 4) is 0 Å². The van der Waals surface area contributed by atoms with Gasteiger partial charge in [0.05, 0.1) is 11.9 Å². The van der Waals surface area contributed by atoms with E-state index in [-0.39, 0.29) is 5.91 Å². The van der Waals surface area contributed by atoms with Crippen molar-refractivity contribution < 1.29 is 4.79 Å². The van der Waals surface area contributed by atoms with Gasteiger partial charge in [-0.1, -0.05) is 0 Å². The monoisotopic (exact) mass is 353 g/mol. The lowest BCUT2D eigenvalue weighted by atomic mass is 10.3. The molecule has 0 saturated heterocycles. The van der Waals surface area contributed by atoms with Gasteiger partial charge in [-0.3, -0.25) is 4.79 Å². The van der Waals surface area contributed by atoms with E-state index in [1.807, 2.05) is 23.6 Å². The quantitative estimate of drug-likeness (QED) is 0.883. The highest BCUT2D eigenvalue weighted by Gasteiger charge is 2.12. The molecule has 1 amide bonds. The van der Waals surface area contributed by atoms with Gasteiger partial charge < -0.3 is 10.2 Å². The molecule has 106 valence electrons. The first-order valence-electron chi connectivity index (χ1n) is 6.41. The molecular formula is C14H16BrN3OS. The Labute approximate surface area is 131 Å². The number of carbonyl (C=O) groups excluding carboxylic acids is 1. The van der Waals surface area contributed by atoms with Crippen LogP contribution in [0.4, 0.5) is 11.5 Å². The number of aromatic nitrogens is 1. The zero-order valence-electron chi connectivity index (χ0n) is 11.4. The van der Waals surface area contributed by atoms with Gasteiger partial charge in [0.15, 0.2) is 0 Å². The molecular weight excluding hydrogens is 338 g/mol. The van der Waals surface area contributed by atoms with Crippen LogP contribution in [0.3, 0.4) is 0 Å². The first kappa shape index (κ1) is 15.0. The summed E-state index contributed by atoms with van der Waals surface area (Å²) in [6, 6.07) is 5.66. The van der Waals surface area contributed by atoms with E-state index in [9.17, 15) is 4.79 Å². The number of amides is 1. The third-order valence-electron chi connectivity index (χ3n) is 2.92. The van der Waals surface area contributed by atoms with E-state index in [0.717, 1.165) is 23.4 Å². The van der Waals surface area contributed by atoms with E-state index in [1.54, 1.807) is 6.20 Å². The number of nitrogens with one attached hydrogen (secondary N) is 1. The number of carbonyl (C=O) groups is 1. The van der Waals surface area contributed by atoms with Crippen molar-refractivity contribution in [3.63, 3.8) is 0 Å². The predicted octanol–water partition coefficient (Wildman–Crippen LogP) is 4.00. The summed E-state index contributed by atoms with van der Waals surface area (Å²) in [7, 11) is 0. The van der Waals surface area contributed by atoms with Gasteiger partial charge in [-0.25, -0.2) is 4.98 Å². The van der Waals surface area contributed by atoms with Crippen molar-refractivity contribution in [2.45, 2.75) is 13.8 Å². The molecule has 0 aliphatic carbocycles. The summed E-state index contributed by atoms with van der Waals surface area (Å²) in [5, 5.41) is 4.72. The van der Waals surface area contributed by atoms with E-state index in [1.165, 1.54) is 11.3 Å². The van der Waals surface area contributed by atoms with Crippen LogP contribution < -0.4 is 10.2 Å². The van der Waals surface area contributed by atoms with Crippen LogP contribution in [0.5, 0.6) is 0 Å². The average molecular weight is 354 g/mol. The topological polar surface area (TPSA) is 45.2 Å². The van der Waals surface area contributed by atoms with Gasteiger partial charge in [-0.05, 0) is 53.4 Å². The molecule has 0 saturated carbocycles. The second kappa shape index (κ2) is 6.85. The minimum absolute atomic E-state index is 0.121. The first-order valence-corrected chi connectivity index (χ1v) is 8.08. The van der Waals surface area contributed by atoms with Gasteiger partial charge in [-0.2, -0.15) is 0 Å². The number of nitrogens with zero attached hydrogens (tertiary/aromatic N) is 2. The Bertz CT molecular complexity index is 578. The molecule has 6 heteroatoms. The number of halogens is 1. The Hall–Kier alpha value is -1.40. The first-order chi connectivity index (χ1) is 9.65. The van der Waals surface area contributed by atoms with Gasteiger partial charge in [0.1, 0.15) is 10.7 Å². The maximum absolute atomic E-state index is 12.1. The van der Waals surface area contributed by atoms with E-state index in [4.69, 9.17) is 0 Å². The molecule has 1 N–H and O–H groups in total. The summed E-state index contributed by atoms with van der Waals surface area (Å²) in [6.07, 6.45) is 1.69. The Kier molecular flexibility index (Phi) is 5.14. The molecule has 0 aromatic carbocycles. The number of pyridine rings is 1. The third-order valence-corrected chi connectivity index (χ3v) is 4.75. The number of rotatable bonds is 5. The van der Waals surface area contributed by atoms with Gasteiger partial charge in [0.25, 0.3) is 5.91 Å². The Morgan fingerprint density at radius 2 is 2.10 bits per heavy atom. The third kappa shape index (κ3) is 3.37. The molecule has 0 unspecified atom stereocenters. The number of anilines is 2. The smallest absolute Gasteiger partial charge is 0.266 e.